The number of halogens is 3. The maximum atomic E-state index is 13.1. The summed E-state index contributed by atoms with van der Waals surface area (Å²) in [4.78, 5) is 13.1. The Bertz CT molecular complexity index is 1170. The van der Waals surface area contributed by atoms with Crippen LogP contribution in [0.1, 0.15) is 35.3 Å². The van der Waals surface area contributed by atoms with Gasteiger partial charge in [-0.15, -0.1) is 0 Å². The largest absolute Gasteiger partial charge is 0.286 e. The third kappa shape index (κ3) is 6.83. The zero-order valence-electron chi connectivity index (χ0n) is 19.3. The fourth-order valence-electron chi connectivity index (χ4n) is 3.69. The molecule has 1 aromatic heterocycles. The van der Waals surface area contributed by atoms with Crippen LogP contribution in [0.2, 0.25) is 15.1 Å². The Hall–Kier alpha value is -1.90. The summed E-state index contributed by atoms with van der Waals surface area (Å²) in [6, 6.07) is 12.6. The van der Waals surface area contributed by atoms with Crippen LogP contribution in [-0.2, 0) is 10.8 Å². The van der Waals surface area contributed by atoms with Crippen molar-refractivity contribution in [1.82, 2.24) is 20.2 Å². The van der Waals surface area contributed by atoms with Crippen LogP contribution < -0.4 is 5.43 Å². The molecule has 2 heterocycles. The second-order valence-corrected chi connectivity index (χ2v) is 10.8. The molecule has 0 spiro atoms. The number of hydrogen-bond acceptors (Lipinski definition) is 4. The number of piperidine rings is 1. The Labute approximate surface area is 217 Å². The molecule has 0 unspecified atom stereocenters. The Kier molecular flexibility index (Phi) is 9.56. The molecule has 0 saturated carbocycles. The predicted octanol–water partition coefficient (Wildman–Crippen LogP) is 5.93. The molecule has 1 N–H and O–H groups in total. The minimum absolute atomic E-state index is 0.228. The molecule has 2 aromatic carbocycles. The van der Waals surface area contributed by atoms with Crippen LogP contribution in [0.4, 0.5) is 0 Å². The van der Waals surface area contributed by atoms with E-state index >= 15 is 0 Å². The summed E-state index contributed by atoms with van der Waals surface area (Å²) in [5.74, 6) is -0.228. The highest BCUT2D eigenvalue weighted by Gasteiger charge is 2.24. The Morgan fingerprint density at radius 3 is 2.15 bits per heavy atom. The molecule has 34 heavy (non-hydrogen) atoms. The summed E-state index contributed by atoms with van der Waals surface area (Å²) in [5.41, 5.74) is 6.42. The topological polar surface area (TPSA) is 67.2 Å². The number of nitrogens with one attached hydrogen (secondary N) is 1. The molecule has 1 amide bonds. The van der Waals surface area contributed by atoms with E-state index in [1.165, 1.54) is 6.42 Å². The second kappa shape index (κ2) is 12.2. The van der Waals surface area contributed by atoms with Crippen molar-refractivity contribution in [3.05, 3.63) is 68.8 Å². The lowest BCUT2D eigenvalue weighted by atomic mass is 10.1. The van der Waals surface area contributed by atoms with E-state index in [0.717, 1.165) is 42.8 Å². The standard InChI is InChI=1S/C22H21Cl3N4O.C2H6OS/c1-14-20(22(30)27-28-11-3-2-4-12-28)26-29(19-10-9-17(24)13-18(19)25)21(14)15-5-7-16(23)8-6-15;1-4(2)3/h5-10,13H,2-4,11-12H2,1H3,(H,27,30);1-2H3. The summed E-state index contributed by atoms with van der Waals surface area (Å²) in [6.07, 6.45) is 6.62. The van der Waals surface area contributed by atoms with Gasteiger partial charge in [-0.05, 0) is 50.1 Å². The highest BCUT2D eigenvalue weighted by atomic mass is 35.5. The van der Waals surface area contributed by atoms with Crippen LogP contribution in [0.25, 0.3) is 16.9 Å². The molecular weight excluding hydrogens is 515 g/mol. The molecule has 4 rings (SSSR count). The van der Waals surface area contributed by atoms with Gasteiger partial charge in [-0.2, -0.15) is 5.10 Å². The fraction of sp³-hybridized carbons (Fsp3) is 0.333. The lowest BCUT2D eigenvalue weighted by Gasteiger charge is -2.26. The SMILES string of the molecule is CS(C)=O.Cc1c(C(=O)NN2CCCCC2)nn(-c2ccc(Cl)cc2Cl)c1-c1ccc(Cl)cc1. The number of aromatic nitrogens is 2. The zero-order valence-corrected chi connectivity index (χ0v) is 22.4. The maximum Gasteiger partial charge on any atom is 0.286 e. The highest BCUT2D eigenvalue weighted by Crippen LogP contribution is 2.33. The molecule has 1 fully saturated rings. The number of hydrazine groups is 1. The normalized spacial score (nSPS) is 14.0. The first-order valence-corrected chi connectivity index (χ1v) is 13.9. The van der Waals surface area contributed by atoms with Crippen molar-refractivity contribution in [3.63, 3.8) is 0 Å². The first kappa shape index (κ1) is 26.7. The van der Waals surface area contributed by atoms with Gasteiger partial charge >= 0.3 is 0 Å². The third-order valence-electron chi connectivity index (χ3n) is 5.21. The Morgan fingerprint density at radius 1 is 0.971 bits per heavy atom. The van der Waals surface area contributed by atoms with Crippen LogP contribution in [-0.4, -0.2) is 50.5 Å². The molecule has 1 aliphatic heterocycles. The maximum absolute atomic E-state index is 13.1. The molecule has 1 saturated heterocycles. The molecular formula is C24H27Cl3N4O2S. The number of amides is 1. The minimum atomic E-state index is -0.611. The van der Waals surface area contributed by atoms with E-state index < -0.39 is 10.8 Å². The van der Waals surface area contributed by atoms with E-state index in [0.29, 0.717) is 26.4 Å². The molecule has 0 atom stereocenters. The summed E-state index contributed by atoms with van der Waals surface area (Å²) >= 11 is 18.6. The number of carbonyl (C=O) groups excluding carboxylic acids is 1. The van der Waals surface area contributed by atoms with E-state index in [4.69, 9.17) is 34.8 Å². The van der Waals surface area contributed by atoms with Gasteiger partial charge in [-0.3, -0.25) is 14.4 Å². The number of hydrogen-bond donors (Lipinski definition) is 1. The molecule has 1 aliphatic rings. The van der Waals surface area contributed by atoms with Gasteiger partial charge in [0.25, 0.3) is 5.91 Å². The van der Waals surface area contributed by atoms with Gasteiger partial charge in [0, 0.05) is 57.6 Å². The first-order chi connectivity index (χ1) is 16.2. The van der Waals surface area contributed by atoms with E-state index in [-0.39, 0.29) is 5.91 Å². The summed E-state index contributed by atoms with van der Waals surface area (Å²) in [7, 11) is -0.611. The number of nitrogens with zero attached hydrogens (tertiary/aromatic N) is 3. The van der Waals surface area contributed by atoms with Gasteiger partial charge in [-0.25, -0.2) is 9.69 Å². The summed E-state index contributed by atoms with van der Waals surface area (Å²) < 4.78 is 11.3. The number of carbonyl (C=O) groups is 1. The van der Waals surface area contributed by atoms with Crippen molar-refractivity contribution in [3.8, 4) is 16.9 Å². The minimum Gasteiger partial charge on any atom is -0.283 e. The molecule has 6 nitrogen and oxygen atoms in total. The van der Waals surface area contributed by atoms with Crippen molar-refractivity contribution >= 4 is 51.5 Å². The summed E-state index contributed by atoms with van der Waals surface area (Å²) in [5, 5.41) is 8.22. The van der Waals surface area contributed by atoms with Crippen LogP contribution in [0.15, 0.2) is 42.5 Å². The van der Waals surface area contributed by atoms with E-state index in [9.17, 15) is 9.00 Å². The van der Waals surface area contributed by atoms with Gasteiger partial charge in [0.2, 0.25) is 0 Å². The lowest BCUT2D eigenvalue weighted by Crippen LogP contribution is -2.45. The summed E-state index contributed by atoms with van der Waals surface area (Å²) in [6.45, 7) is 3.58. The molecule has 0 aliphatic carbocycles. The third-order valence-corrected chi connectivity index (χ3v) is 6.00. The first-order valence-electron chi connectivity index (χ1n) is 10.8. The van der Waals surface area contributed by atoms with Gasteiger partial charge in [0.15, 0.2) is 5.69 Å². The Morgan fingerprint density at radius 2 is 1.56 bits per heavy atom. The van der Waals surface area contributed by atoms with E-state index in [1.807, 2.05) is 36.2 Å². The van der Waals surface area contributed by atoms with Gasteiger partial charge in [0.1, 0.15) is 0 Å². The molecule has 0 bridgehead atoms. The highest BCUT2D eigenvalue weighted by molar-refractivity contribution is 7.83. The van der Waals surface area contributed by atoms with Crippen molar-refractivity contribution in [1.29, 1.82) is 0 Å². The number of benzene rings is 2. The van der Waals surface area contributed by atoms with Crippen LogP contribution in [0.5, 0.6) is 0 Å². The molecule has 10 heteroatoms. The Balaban J connectivity index is 0.000000751. The fourth-order valence-corrected chi connectivity index (χ4v) is 4.30. The van der Waals surface area contributed by atoms with Gasteiger partial charge < -0.3 is 0 Å². The lowest BCUT2D eigenvalue weighted by molar-refractivity contribution is 0.0743. The van der Waals surface area contributed by atoms with Crippen molar-refractivity contribution < 1.29 is 9.00 Å². The van der Waals surface area contributed by atoms with E-state index in [1.54, 1.807) is 35.4 Å². The van der Waals surface area contributed by atoms with Gasteiger partial charge in [0.05, 0.1) is 16.4 Å². The molecule has 182 valence electrons. The molecule has 0 radical (unpaired) electrons. The second-order valence-electron chi connectivity index (χ2n) is 8.07. The van der Waals surface area contributed by atoms with E-state index in [2.05, 4.69) is 10.5 Å². The molecule has 3 aromatic rings. The van der Waals surface area contributed by atoms with Crippen LogP contribution >= 0.6 is 34.8 Å². The van der Waals surface area contributed by atoms with Crippen molar-refractivity contribution in [2.45, 2.75) is 26.2 Å². The van der Waals surface area contributed by atoms with Crippen LogP contribution in [0.3, 0.4) is 0 Å². The quantitative estimate of drug-likeness (QED) is 0.444. The predicted molar refractivity (Wildman–Crippen MR) is 142 cm³/mol. The average Bonchev–Trinajstić information content (AvgIpc) is 3.11. The average molecular weight is 542 g/mol. The zero-order chi connectivity index (χ0) is 24.8. The van der Waals surface area contributed by atoms with Gasteiger partial charge in [-0.1, -0.05) is 53.4 Å². The van der Waals surface area contributed by atoms with Crippen LogP contribution in [0, 0.1) is 6.92 Å². The number of rotatable bonds is 4. The monoisotopic (exact) mass is 540 g/mol. The van der Waals surface area contributed by atoms with Crippen molar-refractivity contribution in [2.24, 2.45) is 0 Å². The van der Waals surface area contributed by atoms with Crippen molar-refractivity contribution in [2.75, 3.05) is 25.6 Å². The smallest absolute Gasteiger partial charge is 0.283 e.